The van der Waals surface area contributed by atoms with Gasteiger partial charge in [-0.2, -0.15) is 0 Å². The van der Waals surface area contributed by atoms with Crippen LogP contribution in [0.15, 0.2) is 35.5 Å². The molecule has 0 unspecified atom stereocenters. The van der Waals surface area contributed by atoms with Gasteiger partial charge >= 0.3 is 11.9 Å². The smallest absolute Gasteiger partial charge is 0.352 e. The zero-order valence-corrected chi connectivity index (χ0v) is 16.0. The first-order chi connectivity index (χ1) is 13.8. The molecule has 1 saturated heterocycles. The highest BCUT2D eigenvalue weighted by Crippen LogP contribution is 2.40. The third-order valence-electron chi connectivity index (χ3n) is 4.20. The van der Waals surface area contributed by atoms with Crippen LogP contribution in [0.4, 0.5) is 4.39 Å². The molecule has 1 aromatic rings. The summed E-state index contributed by atoms with van der Waals surface area (Å²) in [6, 6.07) is 4.21. The zero-order valence-electron chi connectivity index (χ0n) is 15.2. The molecule has 1 fully saturated rings. The second-order valence-corrected chi connectivity index (χ2v) is 7.34. The van der Waals surface area contributed by atoms with Crippen LogP contribution in [0.1, 0.15) is 6.92 Å². The minimum atomic E-state index is -1.31. The molecule has 0 aromatic heterocycles. The van der Waals surface area contributed by atoms with Crippen molar-refractivity contribution in [1.29, 1.82) is 0 Å². The first-order valence-electron chi connectivity index (χ1n) is 8.49. The lowest BCUT2D eigenvalue weighted by Gasteiger charge is -2.49. The van der Waals surface area contributed by atoms with Crippen molar-refractivity contribution in [3.63, 3.8) is 0 Å². The van der Waals surface area contributed by atoms with E-state index in [0.717, 1.165) is 4.90 Å². The van der Waals surface area contributed by atoms with Crippen LogP contribution in [-0.4, -0.2) is 64.1 Å². The number of rotatable bonds is 7. The molecule has 0 aliphatic carbocycles. The maximum Gasteiger partial charge on any atom is 0.352 e. The van der Waals surface area contributed by atoms with Crippen LogP contribution < -0.4 is 10.1 Å². The Hall–Kier alpha value is -3.08. The van der Waals surface area contributed by atoms with Crippen LogP contribution in [0.2, 0.25) is 0 Å². The Balaban J connectivity index is 1.61. The average Bonchev–Trinajstić information content (AvgIpc) is 2.69. The van der Waals surface area contributed by atoms with Crippen molar-refractivity contribution >= 4 is 35.5 Å². The van der Waals surface area contributed by atoms with E-state index in [9.17, 15) is 28.7 Å². The zero-order chi connectivity index (χ0) is 21.1. The molecule has 0 bridgehead atoms. The molecule has 2 atom stereocenters. The molecule has 11 heteroatoms. The monoisotopic (exact) mass is 424 g/mol. The highest BCUT2D eigenvalue weighted by molar-refractivity contribution is 8.00. The number of carboxylic acid groups (broad SMARTS) is 1. The first kappa shape index (κ1) is 20.6. The Bertz CT molecular complexity index is 887. The van der Waals surface area contributed by atoms with Crippen LogP contribution >= 0.6 is 11.8 Å². The Labute approximate surface area is 168 Å². The Morgan fingerprint density at radius 1 is 1.31 bits per heavy atom. The molecule has 2 aliphatic heterocycles. The van der Waals surface area contributed by atoms with Gasteiger partial charge in [0.25, 0.3) is 11.8 Å². The van der Waals surface area contributed by atoms with E-state index in [-0.39, 0.29) is 24.7 Å². The summed E-state index contributed by atoms with van der Waals surface area (Å²) in [5.41, 5.74) is 0.0831. The van der Waals surface area contributed by atoms with Gasteiger partial charge in [-0.1, -0.05) is 0 Å². The van der Waals surface area contributed by atoms with E-state index in [1.807, 2.05) is 0 Å². The number of β-lactam (4-membered cyclic amide) rings is 1. The van der Waals surface area contributed by atoms with E-state index < -0.39 is 41.0 Å². The summed E-state index contributed by atoms with van der Waals surface area (Å²) >= 11 is 1.26. The van der Waals surface area contributed by atoms with Crippen molar-refractivity contribution in [3.8, 4) is 5.75 Å². The fourth-order valence-corrected chi connectivity index (χ4v) is 4.21. The maximum atomic E-state index is 12.9. The molecule has 9 nitrogen and oxygen atoms in total. The number of carboxylic acids is 1. The number of hydrogen-bond acceptors (Lipinski definition) is 7. The third kappa shape index (κ3) is 4.50. The number of ether oxygens (including phenoxy) is 2. The summed E-state index contributed by atoms with van der Waals surface area (Å²) in [7, 11) is 0. The summed E-state index contributed by atoms with van der Waals surface area (Å²) in [6.45, 7) is 0.600. The van der Waals surface area contributed by atoms with E-state index in [0.29, 0.717) is 11.3 Å². The van der Waals surface area contributed by atoms with Gasteiger partial charge in [0.15, 0.2) is 6.61 Å². The molecular formula is C18H17FN2O7S. The van der Waals surface area contributed by atoms with Crippen molar-refractivity contribution in [2.75, 3.05) is 19.0 Å². The predicted molar refractivity (Wildman–Crippen MR) is 98.2 cm³/mol. The predicted octanol–water partition coefficient (Wildman–Crippen LogP) is 0.506. The van der Waals surface area contributed by atoms with Crippen molar-refractivity contribution in [1.82, 2.24) is 10.2 Å². The van der Waals surface area contributed by atoms with Crippen LogP contribution in [0.3, 0.4) is 0 Å². The number of esters is 1. The van der Waals surface area contributed by atoms with Gasteiger partial charge in [0.1, 0.15) is 35.3 Å². The van der Waals surface area contributed by atoms with Gasteiger partial charge in [-0.25, -0.2) is 9.18 Å². The van der Waals surface area contributed by atoms with Gasteiger partial charge in [0, 0.05) is 18.2 Å². The van der Waals surface area contributed by atoms with Gasteiger partial charge in [-0.15, -0.1) is 11.8 Å². The molecule has 1 aromatic carbocycles. The number of carbonyl (C=O) groups is 4. The van der Waals surface area contributed by atoms with Gasteiger partial charge in [-0.05, 0) is 24.3 Å². The van der Waals surface area contributed by atoms with Gasteiger partial charge in [0.2, 0.25) is 0 Å². The molecule has 2 aliphatic rings. The largest absolute Gasteiger partial charge is 0.484 e. The normalized spacial score (nSPS) is 20.5. The number of halogens is 1. The molecule has 154 valence electrons. The molecule has 2 heterocycles. The molecule has 2 amide bonds. The van der Waals surface area contributed by atoms with E-state index in [2.05, 4.69) is 5.32 Å². The topological polar surface area (TPSA) is 122 Å². The second-order valence-electron chi connectivity index (χ2n) is 6.24. The van der Waals surface area contributed by atoms with Crippen molar-refractivity contribution in [2.24, 2.45) is 0 Å². The first-order valence-corrected chi connectivity index (χ1v) is 9.54. The number of nitrogens with one attached hydrogen (secondary N) is 1. The summed E-state index contributed by atoms with van der Waals surface area (Å²) < 4.78 is 23.0. The summed E-state index contributed by atoms with van der Waals surface area (Å²) in [5.74, 6) is -2.92. The minimum absolute atomic E-state index is 0.219. The van der Waals surface area contributed by atoms with E-state index >= 15 is 0 Å². The van der Waals surface area contributed by atoms with Crippen LogP contribution in [0.25, 0.3) is 0 Å². The maximum absolute atomic E-state index is 12.9. The number of hydrogen-bond donors (Lipinski definition) is 2. The number of amides is 2. The van der Waals surface area contributed by atoms with E-state index in [1.165, 1.54) is 43.0 Å². The van der Waals surface area contributed by atoms with Gasteiger partial charge < -0.3 is 19.9 Å². The third-order valence-corrected chi connectivity index (χ3v) is 5.54. The van der Waals surface area contributed by atoms with Crippen molar-refractivity contribution in [2.45, 2.75) is 18.3 Å². The van der Waals surface area contributed by atoms with Crippen molar-refractivity contribution < 1.29 is 38.1 Å². The molecule has 0 saturated carbocycles. The summed E-state index contributed by atoms with van der Waals surface area (Å²) in [6.07, 6.45) is 0. The van der Waals surface area contributed by atoms with E-state index in [4.69, 9.17) is 9.47 Å². The Morgan fingerprint density at radius 2 is 2.00 bits per heavy atom. The number of carbonyl (C=O) groups excluding carboxylic acids is 3. The molecule has 0 spiro atoms. The molecule has 29 heavy (non-hydrogen) atoms. The lowest BCUT2D eigenvalue weighted by atomic mass is 10.0. The highest BCUT2D eigenvalue weighted by Gasteiger charge is 2.54. The summed E-state index contributed by atoms with van der Waals surface area (Å²) in [5, 5.41) is 11.4. The summed E-state index contributed by atoms with van der Waals surface area (Å²) in [4.78, 5) is 48.2. The highest BCUT2D eigenvalue weighted by atomic mass is 32.2. The van der Waals surface area contributed by atoms with Crippen LogP contribution in [-0.2, 0) is 23.9 Å². The number of benzene rings is 1. The van der Waals surface area contributed by atoms with Gasteiger partial charge in [0.05, 0.1) is 0 Å². The van der Waals surface area contributed by atoms with Crippen LogP contribution in [0, 0.1) is 5.82 Å². The molecule has 2 N–H and O–H groups in total. The van der Waals surface area contributed by atoms with Crippen molar-refractivity contribution in [3.05, 3.63) is 41.4 Å². The number of aliphatic carboxylic acids is 1. The van der Waals surface area contributed by atoms with Crippen LogP contribution in [0.5, 0.6) is 5.75 Å². The van der Waals surface area contributed by atoms with E-state index in [1.54, 1.807) is 0 Å². The number of thioether (sulfide) groups is 1. The quantitative estimate of drug-likeness (QED) is 0.480. The lowest BCUT2D eigenvalue weighted by Crippen LogP contribution is -2.71. The fraction of sp³-hybridized carbons (Fsp3) is 0.333. The number of nitrogens with zero attached hydrogens (tertiary/aromatic N) is 1. The fourth-order valence-electron chi connectivity index (χ4n) is 2.88. The second kappa shape index (κ2) is 8.52. The molecule has 3 rings (SSSR count). The number of fused-ring (bicyclic) bond motifs is 1. The lowest BCUT2D eigenvalue weighted by molar-refractivity contribution is -0.151. The Morgan fingerprint density at radius 3 is 2.62 bits per heavy atom. The minimum Gasteiger partial charge on any atom is -0.484 e. The Kier molecular flexibility index (Phi) is 6.06. The van der Waals surface area contributed by atoms with Gasteiger partial charge in [-0.3, -0.25) is 19.3 Å². The molecule has 0 radical (unpaired) electrons. The average molecular weight is 424 g/mol. The SMILES string of the molecule is CC(=O)OCC1=C(C(=O)O)N2C(=O)[C@@H](NC(=O)COc3ccc(F)cc3)[C@H]2SC1. The standard InChI is InChI=1S/C18H17FN2O7S/c1-9(22)27-6-10-8-29-17-14(16(24)21(17)15(10)18(25)26)20-13(23)7-28-12-4-2-11(19)3-5-12/h2-5,14,17H,6-8H2,1H3,(H,20,23)(H,25,26)/t14-,17-/m1/s1. The molecular weight excluding hydrogens is 407 g/mol.